The Balaban J connectivity index is 3.59. The minimum atomic E-state index is 0.640. The molecular formula is C8H15NS. The molecule has 58 valence electrons. The van der Waals surface area contributed by atoms with E-state index in [1.165, 1.54) is 11.8 Å². The molecule has 0 unspecified atom stereocenters. The molecule has 0 aromatic rings. The molecule has 0 radical (unpaired) electrons. The first kappa shape index (κ1) is 9.63. The fraction of sp³-hybridized carbons (Fsp3) is 0.500. The summed E-state index contributed by atoms with van der Waals surface area (Å²) in [6.07, 6.45) is 0.973. The third kappa shape index (κ3) is 5.76. The molecule has 2 N–H and O–H groups in total. The first-order valence-electron chi connectivity index (χ1n) is 3.37. The highest BCUT2D eigenvalue weighted by molar-refractivity contribution is 8.04. The fourth-order valence-electron chi connectivity index (χ4n) is 0.655. The summed E-state index contributed by atoms with van der Waals surface area (Å²) in [5, 5.41) is 3.71. The van der Waals surface area contributed by atoms with E-state index < -0.39 is 0 Å². The van der Waals surface area contributed by atoms with E-state index in [4.69, 9.17) is 5.73 Å². The van der Waals surface area contributed by atoms with Gasteiger partial charge < -0.3 is 5.73 Å². The first-order chi connectivity index (χ1) is 4.66. The van der Waals surface area contributed by atoms with Gasteiger partial charge in [0.05, 0.1) is 0 Å². The molecule has 0 aliphatic heterocycles. The van der Waals surface area contributed by atoms with Gasteiger partial charge in [-0.15, -0.1) is 11.8 Å². The van der Waals surface area contributed by atoms with Crippen LogP contribution in [-0.4, -0.2) is 0 Å². The number of allylic oxidation sites excluding steroid dienone is 1. The summed E-state index contributed by atoms with van der Waals surface area (Å²) in [4.78, 5) is 0. The Morgan fingerprint density at radius 2 is 2.30 bits per heavy atom. The van der Waals surface area contributed by atoms with Gasteiger partial charge in [-0.25, -0.2) is 0 Å². The quantitative estimate of drug-likeness (QED) is 0.679. The molecule has 0 fully saturated rings. The fourth-order valence-corrected chi connectivity index (χ4v) is 1.02. The van der Waals surface area contributed by atoms with E-state index in [1.807, 2.05) is 5.41 Å². The van der Waals surface area contributed by atoms with Crippen molar-refractivity contribution >= 4 is 11.8 Å². The van der Waals surface area contributed by atoms with Gasteiger partial charge >= 0.3 is 0 Å². The minimum Gasteiger partial charge on any atom is -0.402 e. The zero-order valence-electron chi connectivity index (χ0n) is 6.63. The SMILES string of the molecule is C=CS/C=C(/N)CC(C)C. The molecule has 0 rings (SSSR count). The minimum absolute atomic E-state index is 0.640. The lowest BCUT2D eigenvalue weighted by atomic mass is 10.1. The number of nitrogens with two attached hydrogens (primary N) is 1. The number of rotatable bonds is 4. The maximum atomic E-state index is 5.65. The number of hydrogen-bond acceptors (Lipinski definition) is 2. The van der Waals surface area contributed by atoms with Crippen molar-refractivity contribution in [3.8, 4) is 0 Å². The van der Waals surface area contributed by atoms with Gasteiger partial charge in [-0.2, -0.15) is 0 Å². The summed E-state index contributed by atoms with van der Waals surface area (Å²) >= 11 is 1.54. The molecule has 0 heterocycles. The predicted molar refractivity (Wildman–Crippen MR) is 49.5 cm³/mol. The maximum absolute atomic E-state index is 5.65. The topological polar surface area (TPSA) is 26.0 Å². The molecule has 0 bridgehead atoms. The summed E-state index contributed by atoms with van der Waals surface area (Å²) < 4.78 is 0. The number of hydrogen-bond donors (Lipinski definition) is 1. The van der Waals surface area contributed by atoms with Gasteiger partial charge in [0, 0.05) is 5.70 Å². The summed E-state index contributed by atoms with van der Waals surface area (Å²) in [7, 11) is 0. The maximum Gasteiger partial charge on any atom is 0.0150 e. The van der Waals surface area contributed by atoms with Crippen molar-refractivity contribution in [2.75, 3.05) is 0 Å². The normalized spacial score (nSPS) is 12.1. The predicted octanol–water partition coefficient (Wildman–Crippen LogP) is 2.71. The van der Waals surface area contributed by atoms with E-state index in [-0.39, 0.29) is 0 Å². The summed E-state index contributed by atoms with van der Waals surface area (Å²) in [6, 6.07) is 0. The van der Waals surface area contributed by atoms with E-state index in [9.17, 15) is 0 Å². The Morgan fingerprint density at radius 3 is 2.70 bits per heavy atom. The van der Waals surface area contributed by atoms with Crippen LogP contribution in [-0.2, 0) is 0 Å². The Bertz CT molecular complexity index is 127. The van der Waals surface area contributed by atoms with Crippen molar-refractivity contribution in [1.29, 1.82) is 0 Å². The molecule has 0 aromatic carbocycles. The van der Waals surface area contributed by atoms with Gasteiger partial charge in [0.25, 0.3) is 0 Å². The molecule has 0 spiro atoms. The van der Waals surface area contributed by atoms with Crippen LogP contribution in [0.4, 0.5) is 0 Å². The molecule has 2 heteroatoms. The highest BCUT2D eigenvalue weighted by Crippen LogP contribution is 2.10. The van der Waals surface area contributed by atoms with Gasteiger partial charge in [-0.3, -0.25) is 0 Å². The van der Waals surface area contributed by atoms with Crippen LogP contribution >= 0.6 is 11.8 Å². The van der Waals surface area contributed by atoms with Crippen molar-refractivity contribution in [3.63, 3.8) is 0 Å². The monoisotopic (exact) mass is 157 g/mol. The van der Waals surface area contributed by atoms with Crippen molar-refractivity contribution in [3.05, 3.63) is 23.1 Å². The van der Waals surface area contributed by atoms with Crippen molar-refractivity contribution in [1.82, 2.24) is 0 Å². The molecule has 0 saturated heterocycles. The molecule has 0 amide bonds. The van der Waals surface area contributed by atoms with Crippen molar-refractivity contribution < 1.29 is 0 Å². The van der Waals surface area contributed by atoms with E-state index in [1.54, 1.807) is 5.41 Å². The average molecular weight is 157 g/mol. The van der Waals surface area contributed by atoms with Crippen LogP contribution in [0.5, 0.6) is 0 Å². The van der Waals surface area contributed by atoms with E-state index >= 15 is 0 Å². The second kappa shape index (κ2) is 5.42. The number of thioether (sulfide) groups is 1. The van der Waals surface area contributed by atoms with Crippen LogP contribution in [0.1, 0.15) is 20.3 Å². The van der Waals surface area contributed by atoms with Crippen LogP contribution in [0.25, 0.3) is 0 Å². The van der Waals surface area contributed by atoms with Crippen LogP contribution < -0.4 is 5.73 Å². The lowest BCUT2D eigenvalue weighted by Gasteiger charge is -2.02. The molecule has 0 aliphatic carbocycles. The van der Waals surface area contributed by atoms with Gasteiger partial charge in [0.1, 0.15) is 0 Å². The van der Waals surface area contributed by atoms with Crippen LogP contribution in [0.15, 0.2) is 23.1 Å². The van der Waals surface area contributed by atoms with E-state index in [2.05, 4.69) is 20.4 Å². The zero-order chi connectivity index (χ0) is 7.98. The van der Waals surface area contributed by atoms with E-state index in [0.717, 1.165) is 12.1 Å². The molecule has 0 saturated carbocycles. The van der Waals surface area contributed by atoms with Gasteiger partial charge in [0.15, 0.2) is 0 Å². The zero-order valence-corrected chi connectivity index (χ0v) is 7.45. The van der Waals surface area contributed by atoms with Crippen molar-refractivity contribution in [2.24, 2.45) is 11.7 Å². The Labute approximate surface area is 67.4 Å². The standard InChI is InChI=1S/C8H15NS/c1-4-10-6-8(9)5-7(2)3/h4,6-7H,1,5,9H2,2-3H3/b8-6+. The molecule has 1 nitrogen and oxygen atoms in total. The molecule has 0 aromatic heterocycles. The average Bonchev–Trinajstić information content (AvgIpc) is 1.82. The highest BCUT2D eigenvalue weighted by Gasteiger charge is 1.94. The molecule has 0 atom stereocenters. The highest BCUT2D eigenvalue weighted by atomic mass is 32.2. The lowest BCUT2D eigenvalue weighted by molar-refractivity contribution is 0.639. The summed E-state index contributed by atoms with van der Waals surface area (Å²) in [6.45, 7) is 7.88. The second-order valence-corrected chi connectivity index (χ2v) is 3.43. The van der Waals surface area contributed by atoms with Crippen LogP contribution in [0, 0.1) is 5.92 Å². The van der Waals surface area contributed by atoms with Crippen LogP contribution in [0.3, 0.4) is 0 Å². The Morgan fingerprint density at radius 1 is 1.70 bits per heavy atom. The van der Waals surface area contributed by atoms with Gasteiger partial charge in [-0.1, -0.05) is 20.4 Å². The summed E-state index contributed by atoms with van der Waals surface area (Å²) in [5.41, 5.74) is 6.60. The van der Waals surface area contributed by atoms with Gasteiger partial charge in [-0.05, 0) is 23.2 Å². The largest absolute Gasteiger partial charge is 0.402 e. The van der Waals surface area contributed by atoms with Gasteiger partial charge in [0.2, 0.25) is 0 Å². The third-order valence-electron chi connectivity index (χ3n) is 0.960. The van der Waals surface area contributed by atoms with Crippen molar-refractivity contribution in [2.45, 2.75) is 20.3 Å². The molecule has 10 heavy (non-hydrogen) atoms. The smallest absolute Gasteiger partial charge is 0.0150 e. The molecular weight excluding hydrogens is 142 g/mol. The second-order valence-electron chi connectivity index (χ2n) is 2.59. The Kier molecular flexibility index (Phi) is 5.22. The van der Waals surface area contributed by atoms with Crippen LogP contribution in [0.2, 0.25) is 0 Å². The third-order valence-corrected chi connectivity index (χ3v) is 1.59. The summed E-state index contributed by atoms with van der Waals surface area (Å²) in [5.74, 6) is 0.640. The first-order valence-corrected chi connectivity index (χ1v) is 4.32. The Hall–Kier alpha value is -0.370. The molecule has 0 aliphatic rings. The lowest BCUT2D eigenvalue weighted by Crippen LogP contribution is -2.00. The van der Waals surface area contributed by atoms with E-state index in [0.29, 0.717) is 5.92 Å².